The highest BCUT2D eigenvalue weighted by atomic mass is 35.5. The molecule has 0 saturated carbocycles. The van der Waals surface area contributed by atoms with Gasteiger partial charge in [-0.2, -0.15) is 0 Å². The summed E-state index contributed by atoms with van der Waals surface area (Å²) in [6.45, 7) is 2.64. The molecule has 1 saturated heterocycles. The monoisotopic (exact) mass is 314 g/mol. The second kappa shape index (κ2) is 8.04. The van der Waals surface area contributed by atoms with Gasteiger partial charge in [-0.1, -0.05) is 6.92 Å². The van der Waals surface area contributed by atoms with Crippen molar-refractivity contribution < 1.29 is 17.9 Å². The van der Waals surface area contributed by atoms with Crippen LogP contribution < -0.4 is 5.73 Å². The first kappa shape index (κ1) is 18.6. The average Bonchev–Trinajstić information content (AvgIpc) is 2.66. The van der Waals surface area contributed by atoms with E-state index < -0.39 is 15.9 Å². The highest BCUT2D eigenvalue weighted by Crippen LogP contribution is 2.18. The van der Waals surface area contributed by atoms with Crippen molar-refractivity contribution in [2.75, 3.05) is 31.8 Å². The molecule has 0 spiro atoms. The molecule has 2 N–H and O–H groups in total. The van der Waals surface area contributed by atoms with Crippen molar-refractivity contribution >= 4 is 28.2 Å². The Morgan fingerprint density at radius 2 is 2.16 bits per heavy atom. The molecule has 2 atom stereocenters. The molecule has 1 amide bonds. The first-order valence-corrected chi connectivity index (χ1v) is 7.98. The van der Waals surface area contributed by atoms with Crippen molar-refractivity contribution in [3.05, 3.63) is 0 Å². The van der Waals surface area contributed by atoms with Gasteiger partial charge in [0, 0.05) is 19.7 Å². The Balaban J connectivity index is 0.00000324. The van der Waals surface area contributed by atoms with E-state index in [0.29, 0.717) is 13.0 Å². The van der Waals surface area contributed by atoms with E-state index in [2.05, 4.69) is 0 Å². The molecule has 0 radical (unpaired) electrons. The minimum atomic E-state index is -3.00. The van der Waals surface area contributed by atoms with Crippen molar-refractivity contribution in [2.45, 2.75) is 31.8 Å². The summed E-state index contributed by atoms with van der Waals surface area (Å²) in [6.07, 6.45) is 1.29. The number of halogens is 1. The Morgan fingerprint density at radius 1 is 1.53 bits per heavy atom. The fourth-order valence-electron chi connectivity index (χ4n) is 2.20. The van der Waals surface area contributed by atoms with Gasteiger partial charge < -0.3 is 15.4 Å². The molecule has 19 heavy (non-hydrogen) atoms. The van der Waals surface area contributed by atoms with E-state index in [1.54, 1.807) is 4.90 Å². The summed E-state index contributed by atoms with van der Waals surface area (Å²) in [4.78, 5) is 13.8. The summed E-state index contributed by atoms with van der Waals surface area (Å²) in [5.41, 5.74) is 5.73. The molecule has 0 aromatic carbocycles. The molecular formula is C11H23ClN2O4S. The van der Waals surface area contributed by atoms with Crippen LogP contribution in [0, 0.1) is 0 Å². The fourth-order valence-corrected chi connectivity index (χ4v) is 3.93. The minimum absolute atomic E-state index is 0. The van der Waals surface area contributed by atoms with E-state index >= 15 is 0 Å². The summed E-state index contributed by atoms with van der Waals surface area (Å²) in [6, 6.07) is -0.949. The maximum Gasteiger partial charge on any atom is 0.242 e. The average molecular weight is 315 g/mol. The zero-order valence-corrected chi connectivity index (χ0v) is 13.0. The molecular weight excluding hydrogens is 292 g/mol. The van der Waals surface area contributed by atoms with Crippen LogP contribution in [0.15, 0.2) is 0 Å². The SMILES string of the molecule is CCCN(C(=O)C(N)COC)C1CCS(=O)(=O)C1.Cl. The molecule has 0 bridgehead atoms. The molecule has 114 valence electrons. The first-order chi connectivity index (χ1) is 8.41. The van der Waals surface area contributed by atoms with Crippen LogP contribution in [0.3, 0.4) is 0 Å². The largest absolute Gasteiger partial charge is 0.383 e. The number of rotatable bonds is 6. The van der Waals surface area contributed by atoms with Crippen molar-refractivity contribution in [3.63, 3.8) is 0 Å². The summed E-state index contributed by atoms with van der Waals surface area (Å²) < 4.78 is 27.8. The van der Waals surface area contributed by atoms with E-state index in [0.717, 1.165) is 6.42 Å². The Morgan fingerprint density at radius 3 is 2.58 bits per heavy atom. The second-order valence-corrected chi connectivity index (χ2v) is 6.88. The number of nitrogens with two attached hydrogens (primary N) is 1. The summed E-state index contributed by atoms with van der Waals surface area (Å²) in [5, 5.41) is 0. The van der Waals surface area contributed by atoms with E-state index in [9.17, 15) is 13.2 Å². The second-order valence-electron chi connectivity index (χ2n) is 4.65. The third-order valence-corrected chi connectivity index (χ3v) is 4.81. The number of ether oxygens (including phenoxy) is 1. The van der Waals surface area contributed by atoms with Gasteiger partial charge in [0.2, 0.25) is 5.91 Å². The molecule has 1 aliphatic heterocycles. The molecule has 1 fully saturated rings. The maximum atomic E-state index is 12.1. The highest BCUT2D eigenvalue weighted by molar-refractivity contribution is 7.91. The van der Waals surface area contributed by atoms with Gasteiger partial charge >= 0.3 is 0 Å². The number of sulfone groups is 1. The standard InChI is InChI=1S/C11H22N2O4S.ClH/c1-3-5-13(11(14)10(12)7-17-2)9-4-6-18(15,16)8-9;/h9-10H,3-8,12H2,1-2H3;1H. The molecule has 1 rings (SSSR count). The van der Waals surface area contributed by atoms with Crippen LogP contribution in [0.2, 0.25) is 0 Å². The number of carbonyl (C=O) groups excluding carboxylic acids is 1. The quantitative estimate of drug-likeness (QED) is 0.734. The smallest absolute Gasteiger partial charge is 0.242 e. The van der Waals surface area contributed by atoms with E-state index in [-0.39, 0.29) is 42.5 Å². The van der Waals surface area contributed by atoms with Crippen LogP contribution in [-0.2, 0) is 19.4 Å². The van der Waals surface area contributed by atoms with Crippen LogP contribution in [0.4, 0.5) is 0 Å². The van der Waals surface area contributed by atoms with Crippen molar-refractivity contribution in [1.29, 1.82) is 0 Å². The molecule has 2 unspecified atom stereocenters. The van der Waals surface area contributed by atoms with E-state index in [4.69, 9.17) is 10.5 Å². The van der Waals surface area contributed by atoms with Crippen molar-refractivity contribution in [2.24, 2.45) is 5.73 Å². The third kappa shape index (κ3) is 5.25. The minimum Gasteiger partial charge on any atom is -0.383 e. The molecule has 0 aromatic rings. The normalized spacial score (nSPS) is 22.6. The van der Waals surface area contributed by atoms with Gasteiger partial charge in [-0.15, -0.1) is 12.4 Å². The number of carbonyl (C=O) groups is 1. The molecule has 0 aliphatic carbocycles. The van der Waals surface area contributed by atoms with E-state index in [1.807, 2.05) is 6.92 Å². The predicted molar refractivity (Wildman–Crippen MR) is 76.2 cm³/mol. The Labute approximate surface area is 121 Å². The number of methoxy groups -OCH3 is 1. The molecule has 8 heteroatoms. The maximum absolute atomic E-state index is 12.1. The molecule has 6 nitrogen and oxygen atoms in total. The van der Waals surface area contributed by atoms with Crippen LogP contribution >= 0.6 is 12.4 Å². The third-order valence-electron chi connectivity index (χ3n) is 3.06. The fraction of sp³-hybridized carbons (Fsp3) is 0.909. The van der Waals surface area contributed by atoms with Gasteiger partial charge in [-0.05, 0) is 12.8 Å². The number of nitrogens with zero attached hydrogens (tertiary/aromatic N) is 1. The van der Waals surface area contributed by atoms with E-state index in [1.165, 1.54) is 7.11 Å². The van der Waals surface area contributed by atoms with Crippen LogP contribution in [0.1, 0.15) is 19.8 Å². The van der Waals surface area contributed by atoms with Crippen LogP contribution in [-0.4, -0.2) is 63.1 Å². The lowest BCUT2D eigenvalue weighted by molar-refractivity contribution is -0.135. The van der Waals surface area contributed by atoms with Crippen molar-refractivity contribution in [1.82, 2.24) is 4.90 Å². The summed E-state index contributed by atoms with van der Waals surface area (Å²) in [7, 11) is -1.51. The molecule has 0 aromatic heterocycles. The Bertz CT molecular complexity index is 388. The van der Waals surface area contributed by atoms with Crippen LogP contribution in [0.5, 0.6) is 0 Å². The Hall–Kier alpha value is -0.370. The summed E-state index contributed by atoms with van der Waals surface area (Å²) >= 11 is 0. The van der Waals surface area contributed by atoms with Gasteiger partial charge in [0.05, 0.1) is 18.1 Å². The van der Waals surface area contributed by atoms with Gasteiger partial charge in [0.15, 0.2) is 9.84 Å². The number of hydrogen-bond acceptors (Lipinski definition) is 5. The number of hydrogen-bond donors (Lipinski definition) is 1. The van der Waals surface area contributed by atoms with Crippen LogP contribution in [0.25, 0.3) is 0 Å². The Kier molecular flexibility index (Phi) is 7.88. The lowest BCUT2D eigenvalue weighted by atomic mass is 10.1. The highest BCUT2D eigenvalue weighted by Gasteiger charge is 2.35. The number of amides is 1. The molecule has 1 aliphatic rings. The first-order valence-electron chi connectivity index (χ1n) is 6.16. The van der Waals surface area contributed by atoms with Gasteiger partial charge in [0.1, 0.15) is 6.04 Å². The lowest BCUT2D eigenvalue weighted by Crippen LogP contribution is -2.51. The van der Waals surface area contributed by atoms with Gasteiger partial charge in [-0.3, -0.25) is 4.79 Å². The van der Waals surface area contributed by atoms with Gasteiger partial charge in [0.25, 0.3) is 0 Å². The van der Waals surface area contributed by atoms with Crippen molar-refractivity contribution in [3.8, 4) is 0 Å². The topological polar surface area (TPSA) is 89.7 Å². The lowest BCUT2D eigenvalue weighted by Gasteiger charge is -2.30. The predicted octanol–water partition coefficient (Wildman–Crippen LogP) is -0.192. The zero-order chi connectivity index (χ0) is 13.8. The molecule has 1 heterocycles. The summed E-state index contributed by atoms with van der Waals surface area (Å²) in [5.74, 6) is -0.0101. The zero-order valence-electron chi connectivity index (χ0n) is 11.4. The van der Waals surface area contributed by atoms with Gasteiger partial charge in [-0.25, -0.2) is 8.42 Å².